The predicted molar refractivity (Wildman–Crippen MR) is 107 cm³/mol. The van der Waals surface area contributed by atoms with Crippen LogP contribution in [-0.2, 0) is 4.79 Å². The van der Waals surface area contributed by atoms with Gasteiger partial charge in [-0.3, -0.25) is 0 Å². The first-order chi connectivity index (χ1) is 12.3. The van der Waals surface area contributed by atoms with Crippen LogP contribution < -0.4 is 21.0 Å². The van der Waals surface area contributed by atoms with Crippen molar-refractivity contribution in [1.29, 1.82) is 0 Å². The number of carbonyl (C=O) groups is 1. The van der Waals surface area contributed by atoms with E-state index in [1.165, 1.54) is 22.3 Å². The van der Waals surface area contributed by atoms with Gasteiger partial charge in [0.2, 0.25) is 0 Å². The lowest BCUT2D eigenvalue weighted by Crippen LogP contribution is -2.20. The molecule has 0 unspecified atom stereocenters. The van der Waals surface area contributed by atoms with Gasteiger partial charge in [-0.25, -0.2) is 0 Å². The van der Waals surface area contributed by atoms with E-state index in [0.717, 1.165) is 0 Å². The Morgan fingerprint density at radius 2 is 0.880 bits per heavy atom. The fourth-order valence-electron chi connectivity index (χ4n) is 2.18. The second-order valence-electron chi connectivity index (χ2n) is 5.15. The first-order valence-corrected chi connectivity index (χ1v) is 9.63. The summed E-state index contributed by atoms with van der Waals surface area (Å²) in [6, 6.07) is 32.3. The summed E-state index contributed by atoms with van der Waals surface area (Å²) in [4.78, 5) is 8.25. The van der Waals surface area contributed by atoms with Crippen molar-refractivity contribution in [3.05, 3.63) is 91.0 Å². The molecule has 0 saturated heterocycles. The molecule has 0 aromatic heterocycles. The van der Waals surface area contributed by atoms with Crippen LogP contribution in [0.3, 0.4) is 0 Å². The standard InChI is InChI=1S/C18H15P.C3H8.CH2O2/c1-4-10-16(11-5-1)19(17-12-6-2-7-13-17)18-14-8-3-9-15-18;1-3-2;2-1-3/h1-15H;3H2,1-2H3;1H,(H,2,3)/p-1. The maximum absolute atomic E-state index is 8.25. The zero-order valence-electron chi connectivity index (χ0n) is 14.7. The molecule has 2 nitrogen and oxygen atoms in total. The molecule has 0 fully saturated rings. The Bertz CT molecular complexity index is 591. The Morgan fingerprint density at radius 1 is 0.680 bits per heavy atom. The number of hydrogen-bond donors (Lipinski definition) is 0. The summed E-state index contributed by atoms with van der Waals surface area (Å²) in [6.07, 6.45) is 1.25. The van der Waals surface area contributed by atoms with Gasteiger partial charge in [0.1, 0.15) is 0 Å². The molecule has 130 valence electrons. The second kappa shape index (κ2) is 12.9. The van der Waals surface area contributed by atoms with Gasteiger partial charge in [-0.2, -0.15) is 0 Å². The lowest BCUT2D eigenvalue weighted by Gasteiger charge is -2.18. The molecular formula is C22H24O2P-. The summed E-state index contributed by atoms with van der Waals surface area (Å²) in [6.45, 7) is 3.75. The topological polar surface area (TPSA) is 40.1 Å². The average molecular weight is 351 g/mol. The van der Waals surface area contributed by atoms with Gasteiger partial charge in [0.25, 0.3) is 0 Å². The van der Waals surface area contributed by atoms with Crippen LogP contribution in [0.15, 0.2) is 91.0 Å². The summed E-state index contributed by atoms with van der Waals surface area (Å²) in [5, 5.41) is 12.4. The van der Waals surface area contributed by atoms with Crippen LogP contribution in [0.5, 0.6) is 0 Å². The van der Waals surface area contributed by atoms with Crippen molar-refractivity contribution in [2.24, 2.45) is 0 Å². The van der Waals surface area contributed by atoms with Gasteiger partial charge < -0.3 is 9.90 Å². The molecule has 3 aromatic rings. The maximum Gasteiger partial charge on any atom is 0.0275 e. The van der Waals surface area contributed by atoms with Crippen LogP contribution in [0.25, 0.3) is 0 Å². The molecule has 0 saturated carbocycles. The number of benzene rings is 3. The second-order valence-corrected chi connectivity index (χ2v) is 7.37. The van der Waals surface area contributed by atoms with Gasteiger partial charge in [0, 0.05) is 6.47 Å². The normalized spacial score (nSPS) is 9.24. The Hall–Kier alpha value is -2.44. The molecule has 0 bridgehead atoms. The monoisotopic (exact) mass is 351 g/mol. The number of hydrogen-bond acceptors (Lipinski definition) is 2. The zero-order chi connectivity index (χ0) is 18.3. The number of carboxylic acid groups (broad SMARTS) is 1. The van der Waals surface area contributed by atoms with Gasteiger partial charge in [-0.15, -0.1) is 0 Å². The third-order valence-electron chi connectivity index (χ3n) is 3.04. The molecule has 3 rings (SSSR count). The smallest absolute Gasteiger partial charge is 0.0275 e. The molecule has 0 aliphatic carbocycles. The minimum atomic E-state index is -0.500. The zero-order valence-corrected chi connectivity index (χ0v) is 15.6. The molecule has 0 aliphatic rings. The Morgan fingerprint density at radius 3 is 1.08 bits per heavy atom. The van der Waals surface area contributed by atoms with Gasteiger partial charge in [0.15, 0.2) is 0 Å². The van der Waals surface area contributed by atoms with E-state index in [1.807, 2.05) is 0 Å². The van der Waals surface area contributed by atoms with E-state index in [-0.39, 0.29) is 0 Å². The molecule has 0 heterocycles. The van der Waals surface area contributed by atoms with Gasteiger partial charge in [-0.1, -0.05) is 111 Å². The number of rotatable bonds is 3. The molecule has 3 aromatic carbocycles. The van der Waals surface area contributed by atoms with E-state index in [1.54, 1.807) is 0 Å². The van der Waals surface area contributed by atoms with Crippen molar-refractivity contribution >= 4 is 30.3 Å². The molecule has 0 radical (unpaired) electrons. The molecule has 0 atom stereocenters. The molecule has 0 aliphatic heterocycles. The third-order valence-corrected chi connectivity index (χ3v) is 5.49. The highest BCUT2D eigenvalue weighted by atomic mass is 31.1. The van der Waals surface area contributed by atoms with Crippen molar-refractivity contribution in [2.75, 3.05) is 0 Å². The Kier molecular flexibility index (Phi) is 10.6. The Balaban J connectivity index is 0.000000460. The summed E-state index contributed by atoms with van der Waals surface area (Å²) in [5.41, 5.74) is 0. The molecule has 0 N–H and O–H groups in total. The average Bonchev–Trinajstić information content (AvgIpc) is 2.66. The quantitative estimate of drug-likeness (QED) is 0.537. The van der Waals surface area contributed by atoms with Gasteiger partial charge in [0.05, 0.1) is 0 Å². The van der Waals surface area contributed by atoms with Gasteiger partial charge in [-0.05, 0) is 23.8 Å². The lowest BCUT2D eigenvalue weighted by atomic mass is 10.4. The van der Waals surface area contributed by atoms with Crippen molar-refractivity contribution in [3.8, 4) is 0 Å². The third kappa shape index (κ3) is 7.32. The van der Waals surface area contributed by atoms with Crippen molar-refractivity contribution in [3.63, 3.8) is 0 Å². The van der Waals surface area contributed by atoms with Crippen LogP contribution in [-0.4, -0.2) is 6.47 Å². The molecule has 0 spiro atoms. The highest BCUT2D eigenvalue weighted by molar-refractivity contribution is 7.79. The van der Waals surface area contributed by atoms with Crippen molar-refractivity contribution in [1.82, 2.24) is 0 Å². The minimum absolute atomic E-state index is 0.446. The molecular weight excluding hydrogens is 327 g/mol. The van der Waals surface area contributed by atoms with Crippen LogP contribution in [0.2, 0.25) is 0 Å². The van der Waals surface area contributed by atoms with Crippen molar-refractivity contribution in [2.45, 2.75) is 20.3 Å². The highest BCUT2D eigenvalue weighted by Gasteiger charge is 2.14. The SMILES string of the molecule is CCC.O=C[O-].c1ccc(P(c2ccccc2)c2ccccc2)cc1. The fourth-order valence-corrected chi connectivity index (χ4v) is 4.48. The van der Waals surface area contributed by atoms with E-state index in [2.05, 4.69) is 105 Å². The fraction of sp³-hybridized carbons (Fsp3) is 0.136. The minimum Gasteiger partial charge on any atom is -0.554 e. The van der Waals surface area contributed by atoms with Crippen LogP contribution in [0.4, 0.5) is 0 Å². The molecule has 3 heteroatoms. The van der Waals surface area contributed by atoms with Gasteiger partial charge >= 0.3 is 0 Å². The first-order valence-electron chi connectivity index (χ1n) is 8.29. The summed E-state index contributed by atoms with van der Waals surface area (Å²) >= 11 is 0. The van der Waals surface area contributed by atoms with Crippen LogP contribution in [0, 0.1) is 0 Å². The number of carbonyl (C=O) groups excluding carboxylic acids is 1. The first kappa shape index (κ1) is 20.6. The van der Waals surface area contributed by atoms with E-state index in [0.29, 0.717) is 0 Å². The van der Waals surface area contributed by atoms with Crippen molar-refractivity contribution < 1.29 is 9.90 Å². The Labute approximate surface area is 151 Å². The van der Waals surface area contributed by atoms with E-state index in [4.69, 9.17) is 9.90 Å². The lowest BCUT2D eigenvalue weighted by molar-refractivity contribution is -0.283. The van der Waals surface area contributed by atoms with E-state index >= 15 is 0 Å². The molecule has 0 amide bonds. The van der Waals surface area contributed by atoms with E-state index in [9.17, 15) is 0 Å². The largest absolute Gasteiger partial charge is 0.554 e. The molecule has 25 heavy (non-hydrogen) atoms. The summed E-state index contributed by atoms with van der Waals surface area (Å²) in [5.74, 6) is 0. The van der Waals surface area contributed by atoms with Crippen LogP contribution in [0.1, 0.15) is 20.3 Å². The summed E-state index contributed by atoms with van der Waals surface area (Å²) in [7, 11) is -0.446. The summed E-state index contributed by atoms with van der Waals surface area (Å²) < 4.78 is 0. The highest BCUT2D eigenvalue weighted by Crippen LogP contribution is 2.32. The van der Waals surface area contributed by atoms with Crippen LogP contribution >= 0.6 is 7.92 Å². The predicted octanol–water partition coefficient (Wildman–Crippen LogP) is 3.23. The maximum atomic E-state index is 8.25. The van der Waals surface area contributed by atoms with E-state index < -0.39 is 14.4 Å².